The normalized spacial score (nSPS) is 16.1. The Labute approximate surface area is 164 Å². The van der Waals surface area contributed by atoms with Crippen LogP contribution in [-0.4, -0.2) is 46.5 Å². The van der Waals surface area contributed by atoms with Crippen LogP contribution in [0.3, 0.4) is 0 Å². The van der Waals surface area contributed by atoms with Crippen molar-refractivity contribution in [2.24, 2.45) is 13.0 Å². The van der Waals surface area contributed by atoms with Crippen molar-refractivity contribution in [3.8, 4) is 0 Å². The largest absolute Gasteiger partial charge is 0.351 e. The highest BCUT2D eigenvalue weighted by atomic mass is 16.2. The Hall–Kier alpha value is -2.60. The third-order valence-electron chi connectivity index (χ3n) is 5.95. The Balaban J connectivity index is 1.46. The predicted octanol–water partition coefficient (Wildman–Crippen LogP) is 2.87. The number of aromatic amines is 1. The average Bonchev–Trinajstić information content (AvgIpc) is 3.05. The van der Waals surface area contributed by atoms with Gasteiger partial charge in [0.25, 0.3) is 11.5 Å². The van der Waals surface area contributed by atoms with Gasteiger partial charge < -0.3 is 19.8 Å². The van der Waals surface area contributed by atoms with Crippen molar-refractivity contribution in [3.05, 3.63) is 46.4 Å². The van der Waals surface area contributed by atoms with Gasteiger partial charge >= 0.3 is 0 Å². The number of para-hydroxylation sites is 1. The predicted molar refractivity (Wildman–Crippen MR) is 113 cm³/mol. The quantitative estimate of drug-likeness (QED) is 0.669. The van der Waals surface area contributed by atoms with Gasteiger partial charge in [-0.2, -0.15) is 0 Å². The summed E-state index contributed by atoms with van der Waals surface area (Å²) in [5.74, 6) is 0.705. The fourth-order valence-corrected chi connectivity index (χ4v) is 4.19. The molecule has 0 unspecified atom stereocenters. The monoisotopic (exact) mass is 380 g/mol. The van der Waals surface area contributed by atoms with Gasteiger partial charge in [-0.1, -0.05) is 25.1 Å². The molecule has 1 saturated heterocycles. The second-order valence-corrected chi connectivity index (χ2v) is 7.98. The summed E-state index contributed by atoms with van der Waals surface area (Å²) in [4.78, 5) is 30.5. The van der Waals surface area contributed by atoms with Crippen molar-refractivity contribution in [3.63, 3.8) is 0 Å². The summed E-state index contributed by atoms with van der Waals surface area (Å²) >= 11 is 0. The Kier molecular flexibility index (Phi) is 5.22. The molecule has 1 aliphatic heterocycles. The summed E-state index contributed by atoms with van der Waals surface area (Å²) in [5.41, 5.74) is 1.93. The fourth-order valence-electron chi connectivity index (χ4n) is 4.19. The molecule has 1 amide bonds. The Morgan fingerprint density at radius 3 is 2.75 bits per heavy atom. The van der Waals surface area contributed by atoms with Crippen LogP contribution in [0.5, 0.6) is 0 Å². The number of pyridine rings is 1. The van der Waals surface area contributed by atoms with Crippen molar-refractivity contribution in [1.29, 1.82) is 0 Å². The minimum atomic E-state index is -0.164. The summed E-state index contributed by atoms with van der Waals surface area (Å²) in [6.07, 6.45) is 3.48. The highest BCUT2D eigenvalue weighted by molar-refractivity contribution is 6.07. The molecular weight excluding hydrogens is 352 g/mol. The van der Waals surface area contributed by atoms with Crippen LogP contribution in [0.25, 0.3) is 21.8 Å². The molecule has 1 fully saturated rings. The van der Waals surface area contributed by atoms with Crippen LogP contribution in [0.2, 0.25) is 0 Å². The SMILES string of the molecule is CC1CCN(CCCNC(=O)c2cc3c(=O)[nH]c4ccccc4c3n2C)CC1. The van der Waals surface area contributed by atoms with Gasteiger partial charge in [0.1, 0.15) is 5.69 Å². The molecule has 4 rings (SSSR count). The second-order valence-electron chi connectivity index (χ2n) is 7.98. The fraction of sp³-hybridized carbons (Fsp3) is 0.455. The molecule has 6 heteroatoms. The first-order chi connectivity index (χ1) is 13.5. The smallest absolute Gasteiger partial charge is 0.267 e. The molecule has 1 aromatic carbocycles. The van der Waals surface area contributed by atoms with E-state index in [1.165, 1.54) is 12.8 Å². The van der Waals surface area contributed by atoms with E-state index in [1.54, 1.807) is 6.07 Å². The number of H-pyrrole nitrogens is 1. The lowest BCUT2D eigenvalue weighted by molar-refractivity contribution is 0.0943. The number of hydrogen-bond donors (Lipinski definition) is 2. The van der Waals surface area contributed by atoms with Crippen molar-refractivity contribution in [2.45, 2.75) is 26.2 Å². The average molecular weight is 380 g/mol. The van der Waals surface area contributed by atoms with E-state index in [4.69, 9.17) is 0 Å². The van der Waals surface area contributed by atoms with Gasteiger partial charge in [-0.15, -0.1) is 0 Å². The summed E-state index contributed by atoms with van der Waals surface area (Å²) in [7, 11) is 1.85. The molecule has 2 N–H and O–H groups in total. The first-order valence-electron chi connectivity index (χ1n) is 10.2. The van der Waals surface area contributed by atoms with E-state index >= 15 is 0 Å². The van der Waals surface area contributed by atoms with Crippen LogP contribution < -0.4 is 10.9 Å². The number of nitrogens with zero attached hydrogens (tertiary/aromatic N) is 2. The van der Waals surface area contributed by atoms with Gasteiger partial charge in [0.05, 0.1) is 16.4 Å². The van der Waals surface area contributed by atoms with Crippen LogP contribution in [-0.2, 0) is 7.05 Å². The van der Waals surface area contributed by atoms with Crippen molar-refractivity contribution in [1.82, 2.24) is 19.8 Å². The van der Waals surface area contributed by atoms with E-state index in [-0.39, 0.29) is 11.5 Å². The first kappa shape index (κ1) is 18.7. The van der Waals surface area contributed by atoms with Crippen LogP contribution in [0.4, 0.5) is 0 Å². The van der Waals surface area contributed by atoms with Gasteiger partial charge in [0, 0.05) is 19.0 Å². The van der Waals surface area contributed by atoms with Crippen molar-refractivity contribution < 1.29 is 4.79 Å². The van der Waals surface area contributed by atoms with E-state index in [0.717, 1.165) is 48.4 Å². The zero-order chi connectivity index (χ0) is 19.7. The van der Waals surface area contributed by atoms with E-state index in [9.17, 15) is 9.59 Å². The minimum Gasteiger partial charge on any atom is -0.351 e. The molecular formula is C22H28N4O2. The first-order valence-corrected chi connectivity index (χ1v) is 10.2. The van der Waals surface area contributed by atoms with Gasteiger partial charge in [-0.3, -0.25) is 9.59 Å². The standard InChI is InChI=1S/C22H28N4O2/c1-15-8-12-26(13-9-15)11-5-10-23-22(28)19-14-17-20(25(19)2)16-6-3-4-7-18(16)24-21(17)27/h3-4,6-7,14-15H,5,8-13H2,1-2H3,(H,23,28)(H,24,27). The van der Waals surface area contributed by atoms with Crippen LogP contribution in [0.1, 0.15) is 36.7 Å². The Morgan fingerprint density at radius 1 is 1.21 bits per heavy atom. The topological polar surface area (TPSA) is 70.1 Å². The lowest BCUT2D eigenvalue weighted by atomic mass is 9.99. The maximum atomic E-state index is 12.7. The summed E-state index contributed by atoms with van der Waals surface area (Å²) < 4.78 is 1.83. The third kappa shape index (κ3) is 3.56. The molecule has 28 heavy (non-hydrogen) atoms. The Bertz CT molecular complexity index is 1060. The number of rotatable bonds is 5. The highest BCUT2D eigenvalue weighted by Gasteiger charge is 2.18. The second kappa shape index (κ2) is 7.80. The van der Waals surface area contributed by atoms with Crippen molar-refractivity contribution in [2.75, 3.05) is 26.2 Å². The van der Waals surface area contributed by atoms with Gasteiger partial charge in [-0.05, 0) is 56.9 Å². The molecule has 6 nitrogen and oxygen atoms in total. The van der Waals surface area contributed by atoms with Gasteiger partial charge in [0.2, 0.25) is 0 Å². The third-order valence-corrected chi connectivity index (χ3v) is 5.95. The molecule has 0 radical (unpaired) electrons. The van der Waals surface area contributed by atoms with Gasteiger partial charge in [-0.25, -0.2) is 0 Å². The number of piperidine rings is 1. The number of aromatic nitrogens is 2. The van der Waals surface area contributed by atoms with E-state index < -0.39 is 0 Å². The number of aryl methyl sites for hydroxylation is 1. The number of benzene rings is 1. The zero-order valence-corrected chi connectivity index (χ0v) is 16.6. The lowest BCUT2D eigenvalue weighted by Gasteiger charge is -2.30. The van der Waals surface area contributed by atoms with Crippen LogP contribution >= 0.6 is 0 Å². The molecule has 0 bridgehead atoms. The number of carbonyl (C=O) groups excluding carboxylic acids is 1. The maximum Gasteiger partial charge on any atom is 0.267 e. The molecule has 0 saturated carbocycles. The number of carbonyl (C=O) groups is 1. The van der Waals surface area contributed by atoms with Crippen LogP contribution in [0.15, 0.2) is 35.1 Å². The van der Waals surface area contributed by atoms with Crippen LogP contribution in [0, 0.1) is 5.92 Å². The number of nitrogens with one attached hydrogen (secondary N) is 2. The number of amides is 1. The summed E-state index contributed by atoms with van der Waals surface area (Å²) in [6, 6.07) is 9.37. The van der Waals surface area contributed by atoms with Gasteiger partial charge in [0.15, 0.2) is 0 Å². The Morgan fingerprint density at radius 2 is 1.96 bits per heavy atom. The van der Waals surface area contributed by atoms with E-state index in [0.29, 0.717) is 17.6 Å². The molecule has 0 aliphatic carbocycles. The lowest BCUT2D eigenvalue weighted by Crippen LogP contribution is -2.35. The number of likely N-dealkylation sites (tertiary alicyclic amines) is 1. The summed E-state index contributed by atoms with van der Waals surface area (Å²) in [6.45, 7) is 6.30. The molecule has 148 valence electrons. The molecule has 0 spiro atoms. The molecule has 1 aliphatic rings. The summed E-state index contributed by atoms with van der Waals surface area (Å²) in [5, 5.41) is 4.51. The maximum absolute atomic E-state index is 12.7. The molecule has 2 aromatic heterocycles. The molecule has 3 aromatic rings. The molecule has 0 atom stereocenters. The van der Waals surface area contributed by atoms with Crippen molar-refractivity contribution >= 4 is 27.7 Å². The minimum absolute atomic E-state index is 0.130. The highest BCUT2D eigenvalue weighted by Crippen LogP contribution is 2.23. The number of fused-ring (bicyclic) bond motifs is 3. The molecule has 3 heterocycles. The number of hydrogen-bond acceptors (Lipinski definition) is 3. The zero-order valence-electron chi connectivity index (χ0n) is 16.6. The van der Waals surface area contributed by atoms with E-state index in [1.807, 2.05) is 35.9 Å². The van der Waals surface area contributed by atoms with E-state index in [2.05, 4.69) is 22.1 Å².